The molecule has 0 fully saturated rings. The molecule has 0 amide bonds. The number of nitriles is 1. The van der Waals surface area contributed by atoms with Crippen LogP contribution in [0.2, 0.25) is 0 Å². The van der Waals surface area contributed by atoms with Gasteiger partial charge in [-0.05, 0) is 26.0 Å². The highest BCUT2D eigenvalue weighted by atomic mass is 16.4. The minimum atomic E-state index is -0.860. The van der Waals surface area contributed by atoms with E-state index in [4.69, 9.17) is 5.11 Å². The van der Waals surface area contributed by atoms with Crippen molar-refractivity contribution in [2.75, 3.05) is 6.54 Å². The van der Waals surface area contributed by atoms with Gasteiger partial charge in [-0.25, -0.2) is 0 Å². The second-order valence-corrected chi connectivity index (χ2v) is 5.03. The summed E-state index contributed by atoms with van der Waals surface area (Å²) in [5, 5.41) is 18.3. The summed E-state index contributed by atoms with van der Waals surface area (Å²) in [6.07, 6.45) is 3.78. The minimum Gasteiger partial charge on any atom is -0.480 e. The molecule has 104 valence electrons. The number of carboxylic acids is 1. The summed E-state index contributed by atoms with van der Waals surface area (Å²) in [4.78, 5) is 12.8. The van der Waals surface area contributed by atoms with Crippen molar-refractivity contribution in [1.82, 2.24) is 9.30 Å². The second kappa shape index (κ2) is 5.76. The first-order valence-electron chi connectivity index (χ1n) is 6.47. The molecule has 1 N–H and O–H groups in total. The van der Waals surface area contributed by atoms with E-state index in [0.29, 0.717) is 12.1 Å². The van der Waals surface area contributed by atoms with Crippen molar-refractivity contribution in [1.29, 1.82) is 5.26 Å². The highest BCUT2D eigenvalue weighted by molar-refractivity contribution is 5.69. The van der Waals surface area contributed by atoms with Crippen LogP contribution in [0.3, 0.4) is 0 Å². The third kappa shape index (κ3) is 2.81. The van der Waals surface area contributed by atoms with E-state index in [1.807, 2.05) is 53.7 Å². The fraction of sp³-hybridized carbons (Fsp3) is 0.333. The number of aromatic nitrogens is 1. The van der Waals surface area contributed by atoms with Gasteiger partial charge in [0.1, 0.15) is 6.07 Å². The number of rotatable bonds is 5. The topological polar surface area (TPSA) is 68.7 Å². The lowest BCUT2D eigenvalue weighted by atomic mass is 10.1. The molecule has 0 atom stereocenters. The monoisotopic (exact) mass is 271 g/mol. The van der Waals surface area contributed by atoms with Gasteiger partial charge in [0.25, 0.3) is 0 Å². The van der Waals surface area contributed by atoms with Gasteiger partial charge in [0.15, 0.2) is 0 Å². The van der Waals surface area contributed by atoms with E-state index in [-0.39, 0.29) is 12.6 Å². The van der Waals surface area contributed by atoms with E-state index in [2.05, 4.69) is 6.07 Å². The first kappa shape index (κ1) is 14.1. The Morgan fingerprint density at radius 3 is 2.85 bits per heavy atom. The Labute approximate surface area is 117 Å². The molecule has 0 saturated heterocycles. The predicted molar refractivity (Wildman–Crippen MR) is 75.3 cm³/mol. The molecule has 0 aromatic carbocycles. The van der Waals surface area contributed by atoms with Crippen molar-refractivity contribution in [3.63, 3.8) is 0 Å². The molecule has 5 heteroatoms. The lowest BCUT2D eigenvalue weighted by Crippen LogP contribution is -2.35. The maximum atomic E-state index is 10.9. The molecule has 20 heavy (non-hydrogen) atoms. The first-order valence-corrected chi connectivity index (χ1v) is 6.47. The Morgan fingerprint density at radius 2 is 2.25 bits per heavy atom. The molecular weight excluding hydrogens is 254 g/mol. The van der Waals surface area contributed by atoms with Gasteiger partial charge in [-0.2, -0.15) is 5.26 Å². The average Bonchev–Trinajstić information content (AvgIpc) is 2.74. The molecule has 0 saturated carbocycles. The molecule has 2 rings (SSSR count). The predicted octanol–water partition coefficient (Wildman–Crippen LogP) is 2.11. The second-order valence-electron chi connectivity index (χ2n) is 5.03. The summed E-state index contributed by atoms with van der Waals surface area (Å²) in [6.45, 7) is 4.32. The standard InChI is InChI=1S/C15H17N3O2/c1-11(2)18(10-15(19)20)9-12-8-17-6-4-3-5-14(17)13(12)7-16/h3-6,8,11H,9-10H2,1-2H3,(H,19,20). The van der Waals surface area contributed by atoms with Gasteiger partial charge >= 0.3 is 5.97 Å². The smallest absolute Gasteiger partial charge is 0.317 e. The SMILES string of the molecule is CC(C)N(CC(=O)O)Cc1cn2ccccc2c1C#N. The van der Waals surface area contributed by atoms with E-state index in [1.165, 1.54) is 0 Å². The fourth-order valence-corrected chi connectivity index (χ4v) is 2.24. The number of nitrogens with zero attached hydrogens (tertiary/aromatic N) is 3. The molecule has 0 aliphatic rings. The van der Waals surface area contributed by atoms with Crippen LogP contribution in [-0.2, 0) is 11.3 Å². The molecular formula is C15H17N3O2. The fourth-order valence-electron chi connectivity index (χ4n) is 2.24. The summed E-state index contributed by atoms with van der Waals surface area (Å²) in [5.74, 6) is -0.860. The van der Waals surface area contributed by atoms with Gasteiger partial charge in [-0.3, -0.25) is 9.69 Å². The van der Waals surface area contributed by atoms with Crippen LogP contribution in [0.4, 0.5) is 0 Å². The van der Waals surface area contributed by atoms with Crippen molar-refractivity contribution in [2.24, 2.45) is 0 Å². The van der Waals surface area contributed by atoms with Gasteiger partial charge < -0.3 is 9.51 Å². The zero-order chi connectivity index (χ0) is 14.7. The van der Waals surface area contributed by atoms with E-state index in [1.54, 1.807) is 0 Å². The van der Waals surface area contributed by atoms with Gasteiger partial charge in [-0.1, -0.05) is 6.07 Å². The molecule has 2 heterocycles. The lowest BCUT2D eigenvalue weighted by Gasteiger charge is -2.24. The summed E-state index contributed by atoms with van der Waals surface area (Å²) in [7, 11) is 0. The van der Waals surface area contributed by atoms with Crippen LogP contribution >= 0.6 is 0 Å². The van der Waals surface area contributed by atoms with Crippen LogP contribution in [0.5, 0.6) is 0 Å². The van der Waals surface area contributed by atoms with Crippen LogP contribution in [0, 0.1) is 11.3 Å². The quantitative estimate of drug-likeness (QED) is 0.904. The van der Waals surface area contributed by atoms with Crippen molar-refractivity contribution in [3.05, 3.63) is 41.7 Å². The van der Waals surface area contributed by atoms with Crippen molar-refractivity contribution in [2.45, 2.75) is 26.4 Å². The first-order chi connectivity index (χ1) is 9.52. The summed E-state index contributed by atoms with van der Waals surface area (Å²) in [6, 6.07) is 7.99. The van der Waals surface area contributed by atoms with Crippen LogP contribution in [0.15, 0.2) is 30.6 Å². The Kier molecular flexibility index (Phi) is 4.06. The van der Waals surface area contributed by atoms with Crippen LogP contribution in [0.1, 0.15) is 25.0 Å². The molecule has 5 nitrogen and oxygen atoms in total. The zero-order valence-corrected chi connectivity index (χ0v) is 11.6. The molecule has 0 spiro atoms. The third-order valence-electron chi connectivity index (χ3n) is 3.32. The maximum Gasteiger partial charge on any atom is 0.317 e. The van der Waals surface area contributed by atoms with Crippen LogP contribution in [0.25, 0.3) is 5.52 Å². The van der Waals surface area contributed by atoms with E-state index in [9.17, 15) is 10.1 Å². The van der Waals surface area contributed by atoms with Gasteiger partial charge in [-0.15, -0.1) is 0 Å². The number of aliphatic carboxylic acids is 1. The lowest BCUT2D eigenvalue weighted by molar-refractivity contribution is -0.138. The molecule has 0 aliphatic heterocycles. The zero-order valence-electron chi connectivity index (χ0n) is 11.6. The number of carboxylic acid groups (broad SMARTS) is 1. The van der Waals surface area contributed by atoms with Gasteiger partial charge in [0.2, 0.25) is 0 Å². The molecule has 2 aromatic rings. The number of hydrogen-bond donors (Lipinski definition) is 1. The average molecular weight is 271 g/mol. The highest BCUT2D eigenvalue weighted by Crippen LogP contribution is 2.20. The number of pyridine rings is 1. The summed E-state index contributed by atoms with van der Waals surface area (Å²) in [5.41, 5.74) is 2.32. The highest BCUT2D eigenvalue weighted by Gasteiger charge is 2.18. The van der Waals surface area contributed by atoms with E-state index >= 15 is 0 Å². The van der Waals surface area contributed by atoms with Crippen LogP contribution < -0.4 is 0 Å². The minimum absolute atomic E-state index is 0.0330. The Morgan fingerprint density at radius 1 is 1.50 bits per heavy atom. The molecule has 0 radical (unpaired) electrons. The van der Waals surface area contributed by atoms with Crippen molar-refractivity contribution >= 4 is 11.5 Å². The van der Waals surface area contributed by atoms with Gasteiger partial charge in [0, 0.05) is 30.5 Å². The van der Waals surface area contributed by atoms with Crippen LogP contribution in [-0.4, -0.2) is 33.0 Å². The number of carbonyl (C=O) groups is 1. The maximum absolute atomic E-state index is 10.9. The third-order valence-corrected chi connectivity index (χ3v) is 3.32. The summed E-state index contributed by atoms with van der Waals surface area (Å²) < 4.78 is 1.90. The van der Waals surface area contributed by atoms with Crippen molar-refractivity contribution in [3.8, 4) is 6.07 Å². The van der Waals surface area contributed by atoms with Gasteiger partial charge in [0.05, 0.1) is 17.6 Å². The Balaban J connectivity index is 2.37. The molecule has 0 bridgehead atoms. The van der Waals surface area contributed by atoms with E-state index < -0.39 is 5.97 Å². The number of hydrogen-bond acceptors (Lipinski definition) is 3. The molecule has 0 unspecified atom stereocenters. The number of fused-ring (bicyclic) bond motifs is 1. The van der Waals surface area contributed by atoms with Crippen molar-refractivity contribution < 1.29 is 9.90 Å². The molecule has 0 aliphatic carbocycles. The Hall–Kier alpha value is -2.32. The van der Waals surface area contributed by atoms with E-state index in [0.717, 1.165) is 11.1 Å². The summed E-state index contributed by atoms with van der Waals surface area (Å²) >= 11 is 0. The largest absolute Gasteiger partial charge is 0.480 e. The molecule has 2 aromatic heterocycles. The Bertz CT molecular complexity index is 667. The normalized spacial score (nSPS) is 11.2.